The summed E-state index contributed by atoms with van der Waals surface area (Å²) < 4.78 is 13.3. The van der Waals surface area contributed by atoms with E-state index in [0.29, 0.717) is 12.2 Å². The number of halogens is 1. The lowest BCUT2D eigenvalue weighted by atomic mass is 10.0. The van der Waals surface area contributed by atoms with Crippen LogP contribution in [0.5, 0.6) is 0 Å². The summed E-state index contributed by atoms with van der Waals surface area (Å²) in [6.45, 7) is 6.98. The molecule has 0 spiro atoms. The van der Waals surface area contributed by atoms with Crippen LogP contribution in [0.2, 0.25) is 0 Å². The van der Waals surface area contributed by atoms with Crippen LogP contribution < -0.4 is 5.32 Å². The second kappa shape index (κ2) is 6.54. The molecule has 0 bridgehead atoms. The molecule has 1 fully saturated rings. The van der Waals surface area contributed by atoms with Gasteiger partial charge in [0.05, 0.1) is 12.1 Å². The van der Waals surface area contributed by atoms with Gasteiger partial charge in [0.25, 0.3) is 0 Å². The number of amides is 1. The number of nitrogens with one attached hydrogen (secondary N) is 1. The van der Waals surface area contributed by atoms with Gasteiger partial charge in [0, 0.05) is 12.2 Å². The van der Waals surface area contributed by atoms with Crippen LogP contribution in [0.1, 0.15) is 25.8 Å². The van der Waals surface area contributed by atoms with Gasteiger partial charge in [-0.15, -0.1) is 0 Å². The van der Waals surface area contributed by atoms with Crippen molar-refractivity contribution in [2.75, 3.05) is 18.4 Å². The number of hydrogen-bond donors (Lipinski definition) is 2. The summed E-state index contributed by atoms with van der Waals surface area (Å²) in [5.41, 5.74) is 1.35. The molecule has 1 aromatic carbocycles. The molecule has 3 atom stereocenters. The van der Waals surface area contributed by atoms with Crippen molar-refractivity contribution in [2.45, 2.75) is 39.3 Å². The molecule has 1 aromatic rings. The first-order chi connectivity index (χ1) is 9.88. The van der Waals surface area contributed by atoms with Gasteiger partial charge in [0.15, 0.2) is 0 Å². The summed E-state index contributed by atoms with van der Waals surface area (Å²) in [6, 6.07) is 4.07. The highest BCUT2D eigenvalue weighted by Crippen LogP contribution is 2.23. The van der Waals surface area contributed by atoms with E-state index >= 15 is 0 Å². The molecule has 3 unspecified atom stereocenters. The summed E-state index contributed by atoms with van der Waals surface area (Å²) >= 11 is 0. The maximum absolute atomic E-state index is 13.3. The molecule has 21 heavy (non-hydrogen) atoms. The Kier molecular flexibility index (Phi) is 4.96. The van der Waals surface area contributed by atoms with Crippen LogP contribution in [-0.2, 0) is 4.79 Å². The van der Waals surface area contributed by atoms with Gasteiger partial charge in [-0.25, -0.2) is 4.39 Å². The molecule has 2 rings (SSSR count). The number of likely N-dealkylation sites (tertiary alicyclic amines) is 1. The maximum Gasteiger partial charge on any atom is 0.241 e. The van der Waals surface area contributed by atoms with Crippen molar-refractivity contribution >= 4 is 11.6 Å². The van der Waals surface area contributed by atoms with E-state index in [1.54, 1.807) is 13.0 Å². The quantitative estimate of drug-likeness (QED) is 0.895. The number of nitrogens with zero attached hydrogens (tertiary/aromatic N) is 1. The molecule has 1 aliphatic rings. The largest absolute Gasteiger partial charge is 0.393 e. The molecule has 2 N–H and O–H groups in total. The third kappa shape index (κ3) is 3.80. The zero-order chi connectivity index (χ0) is 15.6. The van der Waals surface area contributed by atoms with Gasteiger partial charge in [-0.2, -0.15) is 0 Å². The first kappa shape index (κ1) is 15.9. The Balaban J connectivity index is 1.99. The number of carbonyl (C=O) groups is 1. The molecule has 0 saturated carbocycles. The molecule has 0 radical (unpaired) electrons. The Hall–Kier alpha value is -1.46. The minimum atomic E-state index is -0.362. The van der Waals surface area contributed by atoms with Crippen molar-refractivity contribution in [1.82, 2.24) is 4.90 Å². The van der Waals surface area contributed by atoms with E-state index in [1.165, 1.54) is 12.1 Å². The van der Waals surface area contributed by atoms with Crippen LogP contribution in [0.4, 0.5) is 10.1 Å². The molecule has 0 aliphatic carbocycles. The molecule has 1 heterocycles. The smallest absolute Gasteiger partial charge is 0.241 e. The third-order valence-corrected chi connectivity index (χ3v) is 4.32. The lowest BCUT2D eigenvalue weighted by Gasteiger charge is -2.24. The Morgan fingerprint density at radius 2 is 2.19 bits per heavy atom. The predicted molar refractivity (Wildman–Crippen MR) is 80.6 cm³/mol. The monoisotopic (exact) mass is 294 g/mol. The summed E-state index contributed by atoms with van der Waals surface area (Å²) in [4.78, 5) is 14.4. The fourth-order valence-corrected chi connectivity index (χ4v) is 2.69. The highest BCUT2D eigenvalue weighted by molar-refractivity contribution is 5.95. The topological polar surface area (TPSA) is 52.6 Å². The van der Waals surface area contributed by atoms with E-state index in [9.17, 15) is 14.3 Å². The highest BCUT2D eigenvalue weighted by atomic mass is 19.1. The molecule has 1 aliphatic heterocycles. The number of rotatable bonds is 4. The number of hydrogen-bond acceptors (Lipinski definition) is 3. The van der Waals surface area contributed by atoms with Crippen molar-refractivity contribution in [2.24, 2.45) is 5.92 Å². The standard InChI is InChI=1S/C16H23FN2O2/c1-10-4-5-14(17)8-15(10)18-16(21)11(2)19-7-6-13(9-19)12(3)20/h4-5,8,11-13,20H,6-7,9H2,1-3H3,(H,18,21). The maximum atomic E-state index is 13.3. The van der Waals surface area contributed by atoms with E-state index in [-0.39, 0.29) is 29.8 Å². The van der Waals surface area contributed by atoms with Crippen molar-refractivity contribution in [3.63, 3.8) is 0 Å². The van der Waals surface area contributed by atoms with Crippen LogP contribution >= 0.6 is 0 Å². The van der Waals surface area contributed by atoms with E-state index < -0.39 is 0 Å². The number of aryl methyl sites for hydroxylation is 1. The summed E-state index contributed by atoms with van der Waals surface area (Å²) in [7, 11) is 0. The Morgan fingerprint density at radius 3 is 2.81 bits per heavy atom. The van der Waals surface area contributed by atoms with Gasteiger partial charge < -0.3 is 10.4 Å². The van der Waals surface area contributed by atoms with Crippen LogP contribution in [0.25, 0.3) is 0 Å². The molecule has 116 valence electrons. The second-order valence-electron chi connectivity index (χ2n) is 5.91. The average molecular weight is 294 g/mol. The minimum Gasteiger partial charge on any atom is -0.393 e. The lowest BCUT2D eigenvalue weighted by Crippen LogP contribution is -2.41. The predicted octanol–water partition coefficient (Wildman–Crippen LogP) is 2.16. The molecule has 1 amide bonds. The average Bonchev–Trinajstić information content (AvgIpc) is 2.91. The number of aliphatic hydroxyl groups is 1. The van der Waals surface area contributed by atoms with Crippen LogP contribution in [-0.4, -0.2) is 41.1 Å². The van der Waals surface area contributed by atoms with Gasteiger partial charge in [0.2, 0.25) is 5.91 Å². The van der Waals surface area contributed by atoms with Gasteiger partial charge >= 0.3 is 0 Å². The third-order valence-electron chi connectivity index (χ3n) is 4.32. The van der Waals surface area contributed by atoms with Crippen molar-refractivity contribution in [1.29, 1.82) is 0 Å². The lowest BCUT2D eigenvalue weighted by molar-refractivity contribution is -0.120. The van der Waals surface area contributed by atoms with Crippen molar-refractivity contribution in [3.05, 3.63) is 29.6 Å². The molecule has 5 heteroatoms. The zero-order valence-electron chi connectivity index (χ0n) is 12.8. The Bertz CT molecular complexity index is 519. The Labute approximate surface area is 125 Å². The molecule has 1 saturated heterocycles. The van der Waals surface area contributed by atoms with Gasteiger partial charge in [-0.05, 0) is 57.4 Å². The zero-order valence-corrected chi connectivity index (χ0v) is 12.8. The molecular weight excluding hydrogens is 271 g/mol. The molecule has 4 nitrogen and oxygen atoms in total. The van der Waals surface area contributed by atoms with Gasteiger partial charge in [-0.3, -0.25) is 9.69 Å². The first-order valence-corrected chi connectivity index (χ1v) is 7.37. The fourth-order valence-electron chi connectivity index (χ4n) is 2.69. The van der Waals surface area contributed by atoms with E-state index in [0.717, 1.165) is 18.5 Å². The number of benzene rings is 1. The highest BCUT2D eigenvalue weighted by Gasteiger charge is 2.31. The van der Waals surface area contributed by atoms with Gasteiger partial charge in [0.1, 0.15) is 5.82 Å². The molecular formula is C16H23FN2O2. The summed E-state index contributed by atoms with van der Waals surface area (Å²) in [5, 5.41) is 12.4. The van der Waals surface area contributed by atoms with E-state index in [1.807, 2.05) is 13.8 Å². The van der Waals surface area contributed by atoms with Crippen LogP contribution in [0.3, 0.4) is 0 Å². The Morgan fingerprint density at radius 1 is 1.48 bits per heavy atom. The minimum absolute atomic E-state index is 0.144. The number of anilines is 1. The number of carbonyl (C=O) groups excluding carboxylic acids is 1. The second-order valence-corrected chi connectivity index (χ2v) is 5.91. The van der Waals surface area contributed by atoms with Crippen molar-refractivity contribution in [3.8, 4) is 0 Å². The summed E-state index contributed by atoms with van der Waals surface area (Å²) in [5.74, 6) is -0.287. The fraction of sp³-hybridized carbons (Fsp3) is 0.562. The normalized spacial score (nSPS) is 22.0. The first-order valence-electron chi connectivity index (χ1n) is 7.37. The van der Waals surface area contributed by atoms with Crippen LogP contribution in [0, 0.1) is 18.7 Å². The van der Waals surface area contributed by atoms with Crippen molar-refractivity contribution < 1.29 is 14.3 Å². The number of aliphatic hydroxyl groups excluding tert-OH is 1. The SMILES string of the molecule is Cc1ccc(F)cc1NC(=O)C(C)N1CCC(C(C)O)C1. The van der Waals surface area contributed by atoms with Crippen LogP contribution in [0.15, 0.2) is 18.2 Å². The van der Waals surface area contributed by atoms with E-state index in [2.05, 4.69) is 10.2 Å². The van der Waals surface area contributed by atoms with E-state index in [4.69, 9.17) is 0 Å². The summed E-state index contributed by atoms with van der Waals surface area (Å²) in [6.07, 6.45) is 0.546. The molecule has 0 aromatic heterocycles. The van der Waals surface area contributed by atoms with Gasteiger partial charge in [-0.1, -0.05) is 6.07 Å².